The summed E-state index contributed by atoms with van der Waals surface area (Å²) < 4.78 is 23.0. The summed E-state index contributed by atoms with van der Waals surface area (Å²) >= 11 is 0. The number of ether oxygens (including phenoxy) is 4. The minimum atomic E-state index is 0.0716. The first-order chi connectivity index (χ1) is 22.5. The maximum atomic E-state index is 12.7. The van der Waals surface area contributed by atoms with Gasteiger partial charge in [0.25, 0.3) is 0 Å². The van der Waals surface area contributed by atoms with Crippen molar-refractivity contribution in [2.45, 2.75) is 85.0 Å². The monoisotopic (exact) mass is 631 g/mol. The Morgan fingerprint density at radius 3 is 1.93 bits per heavy atom. The van der Waals surface area contributed by atoms with Crippen molar-refractivity contribution >= 4 is 17.9 Å². The molecule has 0 amide bonds. The van der Waals surface area contributed by atoms with Gasteiger partial charge in [0.2, 0.25) is 0 Å². The van der Waals surface area contributed by atoms with Crippen molar-refractivity contribution in [3.8, 4) is 23.0 Å². The lowest BCUT2D eigenvalue weighted by Crippen LogP contribution is -2.06. The molecule has 6 nitrogen and oxygen atoms in total. The van der Waals surface area contributed by atoms with Crippen LogP contribution in [0.3, 0.4) is 0 Å². The highest BCUT2D eigenvalue weighted by atomic mass is 16.5. The molecule has 252 valence electrons. The van der Waals surface area contributed by atoms with E-state index in [1.54, 1.807) is 20.3 Å². The van der Waals surface area contributed by atoms with Gasteiger partial charge in [-0.1, -0.05) is 94.9 Å². The first-order valence-corrected chi connectivity index (χ1v) is 17.0. The number of carbonyl (C=O) groups is 1. The summed E-state index contributed by atoms with van der Waals surface area (Å²) in [6, 6.07) is 11.7. The number of ketones is 1. The molecular weight excluding hydrogens is 574 g/mol. The molecule has 0 aliphatic carbocycles. The molecule has 0 bridgehead atoms. The summed E-state index contributed by atoms with van der Waals surface area (Å²) in [5, 5.41) is 3.30. The quantitative estimate of drug-likeness (QED) is 0.0668. The molecule has 0 saturated heterocycles. The summed E-state index contributed by atoms with van der Waals surface area (Å²) in [6.45, 7) is 8.60. The second-order valence-electron chi connectivity index (χ2n) is 11.5. The van der Waals surface area contributed by atoms with Gasteiger partial charge in [-0.05, 0) is 85.8 Å². The van der Waals surface area contributed by atoms with Crippen LogP contribution in [0.4, 0.5) is 0 Å². The molecule has 1 N–H and O–H groups in total. The van der Waals surface area contributed by atoms with E-state index in [1.807, 2.05) is 86.8 Å². The Bertz CT molecular complexity index is 1250. The fourth-order valence-electron chi connectivity index (χ4n) is 4.80. The number of nitrogens with one attached hydrogen (secondary N) is 1. The first kappa shape index (κ1) is 38.3. The number of rotatable bonds is 25. The Hall–Kier alpha value is -3.93. The zero-order valence-corrected chi connectivity index (χ0v) is 28.9. The third-order valence-corrected chi connectivity index (χ3v) is 7.47. The lowest BCUT2D eigenvalue weighted by molar-refractivity contribution is -0.115. The molecule has 0 spiro atoms. The zero-order valence-electron chi connectivity index (χ0n) is 28.9. The zero-order chi connectivity index (χ0) is 33.2. The number of benzene rings is 2. The lowest BCUT2D eigenvalue weighted by atomic mass is 10.0. The number of hydrogen-bond acceptors (Lipinski definition) is 6. The van der Waals surface area contributed by atoms with Crippen molar-refractivity contribution in [2.75, 3.05) is 34.0 Å². The summed E-state index contributed by atoms with van der Waals surface area (Å²) in [7, 11) is 3.30. The van der Waals surface area contributed by atoms with E-state index in [9.17, 15) is 4.79 Å². The Morgan fingerprint density at radius 1 is 0.761 bits per heavy atom. The molecule has 1 atom stereocenters. The molecule has 6 heteroatoms. The van der Waals surface area contributed by atoms with E-state index in [0.29, 0.717) is 31.1 Å². The Labute approximate surface area is 278 Å². The molecule has 0 fully saturated rings. The maximum Gasteiger partial charge on any atom is 0.161 e. The van der Waals surface area contributed by atoms with Crippen molar-refractivity contribution in [3.63, 3.8) is 0 Å². The molecule has 0 radical (unpaired) electrons. The van der Waals surface area contributed by atoms with Crippen LogP contribution in [0.15, 0.2) is 73.0 Å². The van der Waals surface area contributed by atoms with Crippen LogP contribution in [0.1, 0.15) is 96.1 Å². The van der Waals surface area contributed by atoms with Gasteiger partial charge in [0, 0.05) is 13.0 Å². The van der Waals surface area contributed by atoms with Crippen LogP contribution in [-0.4, -0.2) is 39.8 Å². The van der Waals surface area contributed by atoms with Crippen molar-refractivity contribution in [1.82, 2.24) is 5.32 Å². The molecule has 2 rings (SSSR count). The molecule has 2 aromatic rings. The van der Waals surface area contributed by atoms with E-state index < -0.39 is 0 Å². The molecule has 0 aliphatic heterocycles. The molecule has 0 saturated carbocycles. The van der Waals surface area contributed by atoms with E-state index in [0.717, 1.165) is 54.9 Å². The fraction of sp³-hybridized carbons (Fsp3) is 0.475. The summed E-state index contributed by atoms with van der Waals surface area (Å²) in [6.07, 6.45) is 26.4. The standard InChI is InChI=1S/C40H57NO5/c1-6-8-10-12-16-28-45-38-25-22-35(32-40(38)44-5)20-23-36(42)30-33(3)18-19-34-21-24-37(39(31-34)43-4)46-29-17-13-11-15-27-41-26-14-9-7-2/h7,9,14,18-26,31-33,41H,6,8,10-13,15-17,27-30H2,1-5H3/b9-7-,19-18+,23-20+,26-14-. The SMILES string of the molecule is C/C=C\C=C/NCCCCCCOc1ccc(/C=C/C(C)CC(=O)/C=C/c2ccc(OCCCCCCC)c(OC)c2)cc1OC. The van der Waals surface area contributed by atoms with E-state index in [2.05, 4.69) is 18.3 Å². The number of allylic oxidation sites excluding steroid dienone is 5. The van der Waals surface area contributed by atoms with Crippen molar-refractivity contribution in [1.29, 1.82) is 0 Å². The van der Waals surface area contributed by atoms with Crippen LogP contribution in [0.25, 0.3) is 12.2 Å². The van der Waals surface area contributed by atoms with Crippen LogP contribution in [-0.2, 0) is 4.79 Å². The Kier molecular flexibility index (Phi) is 20.2. The van der Waals surface area contributed by atoms with E-state index >= 15 is 0 Å². The molecule has 46 heavy (non-hydrogen) atoms. The third kappa shape index (κ3) is 16.4. The third-order valence-electron chi connectivity index (χ3n) is 7.47. The van der Waals surface area contributed by atoms with Gasteiger partial charge in [0.15, 0.2) is 28.8 Å². The Balaban J connectivity index is 1.76. The van der Waals surface area contributed by atoms with E-state index in [4.69, 9.17) is 18.9 Å². The maximum absolute atomic E-state index is 12.7. The smallest absolute Gasteiger partial charge is 0.161 e. The van der Waals surface area contributed by atoms with Crippen LogP contribution in [0, 0.1) is 5.92 Å². The van der Waals surface area contributed by atoms with Crippen molar-refractivity contribution < 1.29 is 23.7 Å². The van der Waals surface area contributed by atoms with Crippen LogP contribution in [0.5, 0.6) is 23.0 Å². The molecule has 0 heterocycles. The highest BCUT2D eigenvalue weighted by Crippen LogP contribution is 2.30. The highest BCUT2D eigenvalue weighted by Gasteiger charge is 2.08. The van der Waals surface area contributed by atoms with Gasteiger partial charge in [-0.2, -0.15) is 0 Å². The minimum absolute atomic E-state index is 0.0716. The van der Waals surface area contributed by atoms with Gasteiger partial charge in [0.05, 0.1) is 27.4 Å². The number of hydrogen-bond donors (Lipinski definition) is 1. The predicted molar refractivity (Wildman–Crippen MR) is 193 cm³/mol. The highest BCUT2D eigenvalue weighted by molar-refractivity contribution is 5.94. The summed E-state index contributed by atoms with van der Waals surface area (Å²) in [4.78, 5) is 12.7. The van der Waals surface area contributed by atoms with Gasteiger partial charge in [-0.15, -0.1) is 0 Å². The summed E-state index contributed by atoms with van der Waals surface area (Å²) in [5.74, 6) is 3.04. The first-order valence-electron chi connectivity index (χ1n) is 17.0. The predicted octanol–water partition coefficient (Wildman–Crippen LogP) is 9.99. The molecule has 0 aliphatic rings. The topological polar surface area (TPSA) is 66.0 Å². The summed E-state index contributed by atoms with van der Waals surface area (Å²) in [5.41, 5.74) is 1.91. The average molecular weight is 632 g/mol. The van der Waals surface area contributed by atoms with Crippen LogP contribution < -0.4 is 24.3 Å². The second kappa shape index (κ2) is 24.3. The van der Waals surface area contributed by atoms with E-state index in [1.165, 1.54) is 32.1 Å². The second-order valence-corrected chi connectivity index (χ2v) is 11.5. The van der Waals surface area contributed by atoms with Gasteiger partial charge in [-0.25, -0.2) is 0 Å². The molecule has 1 unspecified atom stereocenters. The van der Waals surface area contributed by atoms with Gasteiger partial charge >= 0.3 is 0 Å². The number of methoxy groups -OCH3 is 2. The number of carbonyl (C=O) groups excluding carboxylic acids is 1. The molecular formula is C40H57NO5. The van der Waals surface area contributed by atoms with Crippen LogP contribution >= 0.6 is 0 Å². The largest absolute Gasteiger partial charge is 0.493 e. The van der Waals surface area contributed by atoms with Crippen LogP contribution in [0.2, 0.25) is 0 Å². The molecule has 2 aromatic carbocycles. The number of unbranched alkanes of at least 4 members (excludes halogenated alkanes) is 7. The van der Waals surface area contributed by atoms with Gasteiger partial charge in [-0.3, -0.25) is 4.79 Å². The van der Waals surface area contributed by atoms with E-state index in [-0.39, 0.29) is 11.7 Å². The molecule has 0 aromatic heterocycles. The average Bonchev–Trinajstić information content (AvgIpc) is 3.07. The fourth-order valence-corrected chi connectivity index (χ4v) is 4.80. The Morgan fingerprint density at radius 2 is 1.35 bits per heavy atom. The minimum Gasteiger partial charge on any atom is -0.493 e. The normalized spacial score (nSPS) is 12.4. The van der Waals surface area contributed by atoms with Gasteiger partial charge < -0.3 is 24.3 Å². The van der Waals surface area contributed by atoms with Crippen molar-refractivity contribution in [3.05, 3.63) is 84.1 Å². The lowest BCUT2D eigenvalue weighted by Gasteiger charge is -2.12. The van der Waals surface area contributed by atoms with Gasteiger partial charge in [0.1, 0.15) is 0 Å². The van der Waals surface area contributed by atoms with Crippen molar-refractivity contribution in [2.24, 2.45) is 5.92 Å².